The highest BCUT2D eigenvalue weighted by Gasteiger charge is 2.20. The molecule has 5 nitrogen and oxygen atoms in total. The molecule has 0 spiro atoms. The predicted molar refractivity (Wildman–Crippen MR) is 94.6 cm³/mol. The summed E-state index contributed by atoms with van der Waals surface area (Å²) in [6.45, 7) is 1.10. The van der Waals surface area contributed by atoms with E-state index >= 15 is 0 Å². The number of ether oxygens (including phenoxy) is 1. The molecule has 1 aliphatic rings. The number of para-hydroxylation sites is 1. The van der Waals surface area contributed by atoms with Crippen LogP contribution in [0.4, 0.5) is 0 Å². The molecule has 6 heteroatoms. The van der Waals surface area contributed by atoms with Crippen LogP contribution in [0.15, 0.2) is 53.1 Å². The van der Waals surface area contributed by atoms with Gasteiger partial charge in [0.15, 0.2) is 6.61 Å². The lowest BCUT2D eigenvalue weighted by Gasteiger charge is -2.24. The minimum Gasteiger partial charge on any atom is -0.484 e. The van der Waals surface area contributed by atoms with E-state index < -0.39 is 0 Å². The maximum atomic E-state index is 6.07. The van der Waals surface area contributed by atoms with Crippen molar-refractivity contribution in [2.75, 3.05) is 0 Å². The van der Waals surface area contributed by atoms with E-state index in [1.807, 2.05) is 18.2 Å². The fourth-order valence-electron chi connectivity index (χ4n) is 3.01. The molecule has 2 aromatic carbocycles. The number of rotatable bonds is 5. The van der Waals surface area contributed by atoms with Crippen molar-refractivity contribution in [1.82, 2.24) is 15.5 Å². The van der Waals surface area contributed by atoms with Crippen LogP contribution in [-0.4, -0.2) is 16.2 Å². The summed E-state index contributed by atoms with van der Waals surface area (Å²) in [5.74, 6) is 1.75. The van der Waals surface area contributed by atoms with E-state index in [2.05, 4.69) is 39.7 Å². The number of hydrogen-bond acceptors (Lipinski definition) is 5. The number of aromatic nitrogens is 2. The second kappa shape index (κ2) is 7.25. The molecule has 0 amide bonds. The largest absolute Gasteiger partial charge is 0.484 e. The van der Waals surface area contributed by atoms with Crippen molar-refractivity contribution < 1.29 is 9.26 Å². The molecule has 3 aromatic rings. The Morgan fingerprint density at radius 3 is 2.80 bits per heavy atom. The summed E-state index contributed by atoms with van der Waals surface area (Å²) >= 11 is 6.07. The second-order valence-corrected chi connectivity index (χ2v) is 6.49. The lowest BCUT2D eigenvalue weighted by Crippen LogP contribution is -2.37. The Hall–Kier alpha value is -2.37. The molecule has 0 bridgehead atoms. The van der Waals surface area contributed by atoms with Gasteiger partial charge in [-0.25, -0.2) is 0 Å². The molecule has 0 unspecified atom stereocenters. The molecule has 1 N–H and O–H groups in total. The van der Waals surface area contributed by atoms with E-state index in [1.165, 1.54) is 11.1 Å². The molecule has 1 atom stereocenters. The molecule has 4 rings (SSSR count). The third kappa shape index (κ3) is 3.83. The van der Waals surface area contributed by atoms with Crippen molar-refractivity contribution in [1.29, 1.82) is 0 Å². The van der Waals surface area contributed by atoms with Crippen molar-refractivity contribution in [2.24, 2.45) is 0 Å². The minimum atomic E-state index is 0.230. The van der Waals surface area contributed by atoms with Crippen LogP contribution in [0.5, 0.6) is 5.75 Å². The second-order valence-electron chi connectivity index (χ2n) is 6.08. The minimum absolute atomic E-state index is 0.230. The third-order valence-electron chi connectivity index (χ3n) is 4.29. The highest BCUT2D eigenvalue weighted by atomic mass is 35.5. The summed E-state index contributed by atoms with van der Waals surface area (Å²) in [4.78, 5) is 4.42. The molecule has 128 valence electrons. The topological polar surface area (TPSA) is 60.2 Å². The van der Waals surface area contributed by atoms with Gasteiger partial charge in [0.1, 0.15) is 5.75 Å². The average molecular weight is 356 g/mol. The highest BCUT2D eigenvalue weighted by molar-refractivity contribution is 6.32. The number of fused-ring (bicyclic) bond motifs is 1. The van der Waals surface area contributed by atoms with Crippen LogP contribution in [0.25, 0.3) is 0 Å². The Labute approximate surface area is 151 Å². The van der Waals surface area contributed by atoms with Crippen LogP contribution in [0.2, 0.25) is 5.02 Å². The first-order valence-corrected chi connectivity index (χ1v) is 8.64. The first kappa shape index (κ1) is 16.1. The SMILES string of the molecule is Clc1ccccc1OCc1noc(C[C@@H]2Cc3ccccc3CN2)n1. The Bertz CT molecular complexity index is 865. The smallest absolute Gasteiger partial charge is 0.228 e. The van der Waals surface area contributed by atoms with Gasteiger partial charge in [-0.15, -0.1) is 0 Å². The van der Waals surface area contributed by atoms with Gasteiger partial charge in [-0.3, -0.25) is 0 Å². The molecule has 0 fully saturated rings. The van der Waals surface area contributed by atoms with Crippen molar-refractivity contribution >= 4 is 11.6 Å². The Kier molecular flexibility index (Phi) is 4.68. The van der Waals surface area contributed by atoms with Crippen molar-refractivity contribution in [3.8, 4) is 5.75 Å². The maximum absolute atomic E-state index is 6.07. The molecular weight excluding hydrogens is 338 g/mol. The molecule has 0 saturated heterocycles. The van der Waals surface area contributed by atoms with Gasteiger partial charge in [0, 0.05) is 19.0 Å². The van der Waals surface area contributed by atoms with Crippen molar-refractivity contribution in [3.05, 3.63) is 76.4 Å². The van der Waals surface area contributed by atoms with E-state index in [1.54, 1.807) is 6.07 Å². The van der Waals surface area contributed by atoms with Crippen molar-refractivity contribution in [3.63, 3.8) is 0 Å². The van der Waals surface area contributed by atoms with Gasteiger partial charge in [-0.05, 0) is 29.7 Å². The van der Waals surface area contributed by atoms with E-state index in [0.29, 0.717) is 34.9 Å². The Morgan fingerprint density at radius 2 is 1.92 bits per heavy atom. The van der Waals surface area contributed by atoms with Gasteiger partial charge >= 0.3 is 0 Å². The van der Waals surface area contributed by atoms with Crippen molar-refractivity contribution in [2.45, 2.75) is 32.0 Å². The zero-order chi connectivity index (χ0) is 17.1. The molecule has 1 aliphatic heterocycles. The molecule has 0 saturated carbocycles. The molecule has 25 heavy (non-hydrogen) atoms. The molecule has 2 heterocycles. The van der Waals surface area contributed by atoms with Crippen LogP contribution in [0, 0.1) is 0 Å². The van der Waals surface area contributed by atoms with Crippen LogP contribution < -0.4 is 10.1 Å². The van der Waals surface area contributed by atoms with Gasteiger partial charge in [0.25, 0.3) is 0 Å². The first-order chi connectivity index (χ1) is 12.3. The fraction of sp³-hybridized carbons (Fsp3) is 0.263. The molecular formula is C19H18ClN3O2. The lowest BCUT2D eigenvalue weighted by molar-refractivity contribution is 0.284. The zero-order valence-electron chi connectivity index (χ0n) is 13.6. The van der Waals surface area contributed by atoms with Crippen LogP contribution in [0.1, 0.15) is 22.8 Å². The summed E-state index contributed by atoms with van der Waals surface area (Å²) in [5, 5.41) is 8.08. The number of nitrogens with zero attached hydrogens (tertiary/aromatic N) is 2. The van der Waals surface area contributed by atoms with E-state index in [0.717, 1.165) is 13.0 Å². The summed E-state index contributed by atoms with van der Waals surface area (Å²) in [6, 6.07) is 16.1. The molecule has 0 radical (unpaired) electrons. The van der Waals surface area contributed by atoms with Crippen LogP contribution in [0.3, 0.4) is 0 Å². The van der Waals surface area contributed by atoms with Gasteiger partial charge in [0.05, 0.1) is 5.02 Å². The average Bonchev–Trinajstić information content (AvgIpc) is 3.08. The maximum Gasteiger partial charge on any atom is 0.228 e. The van der Waals surface area contributed by atoms with E-state index in [-0.39, 0.29) is 6.61 Å². The predicted octanol–water partition coefficient (Wildman–Crippen LogP) is 3.56. The number of nitrogens with one attached hydrogen (secondary N) is 1. The summed E-state index contributed by atoms with van der Waals surface area (Å²) in [7, 11) is 0. The first-order valence-electron chi connectivity index (χ1n) is 8.27. The number of benzene rings is 2. The fourth-order valence-corrected chi connectivity index (χ4v) is 3.20. The van der Waals surface area contributed by atoms with Gasteiger partial charge in [-0.1, -0.05) is 53.2 Å². The van der Waals surface area contributed by atoms with E-state index in [9.17, 15) is 0 Å². The Morgan fingerprint density at radius 1 is 1.12 bits per heavy atom. The zero-order valence-corrected chi connectivity index (χ0v) is 14.4. The van der Waals surface area contributed by atoms with Gasteiger partial charge in [0.2, 0.25) is 11.7 Å². The van der Waals surface area contributed by atoms with E-state index in [4.69, 9.17) is 20.9 Å². The summed E-state index contributed by atoms with van der Waals surface area (Å²) in [6.07, 6.45) is 1.66. The van der Waals surface area contributed by atoms with Crippen LogP contribution in [-0.2, 0) is 26.0 Å². The molecule has 0 aliphatic carbocycles. The molecule has 1 aromatic heterocycles. The number of halogens is 1. The normalized spacial score (nSPS) is 16.4. The third-order valence-corrected chi connectivity index (χ3v) is 4.60. The van der Waals surface area contributed by atoms with Crippen LogP contribution >= 0.6 is 11.6 Å². The quantitative estimate of drug-likeness (QED) is 0.758. The monoisotopic (exact) mass is 355 g/mol. The standard InChI is InChI=1S/C19H18ClN3O2/c20-16-7-3-4-8-17(16)24-12-18-22-19(25-23-18)10-15-9-13-5-1-2-6-14(13)11-21-15/h1-8,15,21H,9-12H2/t15-/m0/s1. The summed E-state index contributed by atoms with van der Waals surface area (Å²) < 4.78 is 11.0. The van der Waals surface area contributed by atoms with Gasteiger partial charge < -0.3 is 14.6 Å². The lowest BCUT2D eigenvalue weighted by atomic mass is 9.94. The van der Waals surface area contributed by atoms with Gasteiger partial charge in [-0.2, -0.15) is 4.98 Å². The number of hydrogen-bond donors (Lipinski definition) is 1. The highest BCUT2D eigenvalue weighted by Crippen LogP contribution is 2.24. The Balaban J connectivity index is 1.35. The summed E-state index contributed by atoms with van der Waals surface area (Å²) in [5.41, 5.74) is 2.74.